The lowest BCUT2D eigenvalue weighted by atomic mass is 9.83. The molecule has 3 rings (SSSR count). The van der Waals surface area contributed by atoms with Crippen molar-refractivity contribution >= 4 is 21.6 Å². The van der Waals surface area contributed by atoms with Gasteiger partial charge in [-0.2, -0.15) is 0 Å². The van der Waals surface area contributed by atoms with Gasteiger partial charge in [0.15, 0.2) is 0 Å². The summed E-state index contributed by atoms with van der Waals surface area (Å²) in [6.45, 7) is 2.10. The summed E-state index contributed by atoms with van der Waals surface area (Å²) in [7, 11) is 1.57. The molecule has 4 nitrogen and oxygen atoms in total. The first-order valence-electron chi connectivity index (χ1n) is 8.64. The van der Waals surface area contributed by atoms with E-state index in [9.17, 15) is 5.21 Å². The lowest BCUT2D eigenvalue weighted by molar-refractivity contribution is 0.317. The quantitative estimate of drug-likeness (QED) is 0.320. The summed E-state index contributed by atoms with van der Waals surface area (Å²) in [4.78, 5) is 4.13. The number of nitrogens with zero attached hydrogens (tertiary/aromatic N) is 2. The molecule has 1 heterocycles. The van der Waals surface area contributed by atoms with E-state index in [1.807, 2.05) is 30.3 Å². The van der Waals surface area contributed by atoms with Crippen molar-refractivity contribution < 1.29 is 9.94 Å². The Morgan fingerprint density at radius 1 is 1.15 bits per heavy atom. The molecule has 0 fully saturated rings. The predicted molar refractivity (Wildman–Crippen MR) is 111 cm³/mol. The van der Waals surface area contributed by atoms with Gasteiger partial charge < -0.3 is 9.94 Å². The maximum atomic E-state index is 9.72. The van der Waals surface area contributed by atoms with Crippen molar-refractivity contribution in [2.45, 2.75) is 19.3 Å². The zero-order valence-corrected chi connectivity index (χ0v) is 16.8. The van der Waals surface area contributed by atoms with Gasteiger partial charge in [-0.25, -0.2) is 4.98 Å². The third-order valence-corrected chi connectivity index (χ3v) is 5.16. The molecular weight excluding hydrogens is 404 g/mol. The molecule has 138 valence electrons. The molecule has 5 heteroatoms. The lowest BCUT2D eigenvalue weighted by Gasteiger charge is -2.21. The number of ether oxygens (including phenoxy) is 1. The third-order valence-electron chi connectivity index (χ3n) is 4.63. The molecule has 0 spiro atoms. The standard InChI is InChI=1S/C22H21BrN2O2/c1-15-5-3-4-6-19(15)20(16-7-9-18(23)10-8-16)14-21(25-26)17-11-12-24-22(13-17)27-2/h3-13,20,26H,14H2,1-2H3/b25-21-. The minimum Gasteiger partial charge on any atom is -0.481 e. The summed E-state index contributed by atoms with van der Waals surface area (Å²) in [5.74, 6) is 0.550. The number of hydrogen-bond donors (Lipinski definition) is 1. The Morgan fingerprint density at radius 2 is 1.89 bits per heavy atom. The molecule has 0 amide bonds. The molecule has 3 aromatic rings. The molecular formula is C22H21BrN2O2. The highest BCUT2D eigenvalue weighted by molar-refractivity contribution is 9.10. The monoisotopic (exact) mass is 424 g/mol. The molecule has 0 saturated carbocycles. The van der Waals surface area contributed by atoms with Crippen LogP contribution in [0.5, 0.6) is 5.88 Å². The van der Waals surface area contributed by atoms with Gasteiger partial charge >= 0.3 is 0 Å². The Kier molecular flexibility index (Phi) is 6.24. The Labute approximate surface area is 167 Å². The van der Waals surface area contributed by atoms with Gasteiger partial charge in [0.05, 0.1) is 12.8 Å². The van der Waals surface area contributed by atoms with E-state index in [2.05, 4.69) is 57.3 Å². The summed E-state index contributed by atoms with van der Waals surface area (Å²) >= 11 is 3.50. The van der Waals surface area contributed by atoms with Crippen molar-refractivity contribution in [2.75, 3.05) is 7.11 Å². The van der Waals surface area contributed by atoms with Gasteiger partial charge in [0.2, 0.25) is 5.88 Å². The van der Waals surface area contributed by atoms with Gasteiger partial charge in [0.1, 0.15) is 0 Å². The van der Waals surface area contributed by atoms with Crippen molar-refractivity contribution in [1.82, 2.24) is 4.98 Å². The van der Waals surface area contributed by atoms with Gasteiger partial charge in [-0.1, -0.05) is 57.5 Å². The van der Waals surface area contributed by atoms with Crippen molar-refractivity contribution in [3.63, 3.8) is 0 Å². The molecule has 0 aliphatic carbocycles. The largest absolute Gasteiger partial charge is 0.481 e. The third kappa shape index (κ3) is 4.55. The molecule has 0 saturated heterocycles. The summed E-state index contributed by atoms with van der Waals surface area (Å²) in [6.07, 6.45) is 2.21. The molecule has 0 aliphatic rings. The molecule has 0 bridgehead atoms. The van der Waals surface area contributed by atoms with E-state index in [-0.39, 0.29) is 5.92 Å². The number of pyridine rings is 1. The van der Waals surface area contributed by atoms with Gasteiger partial charge in [-0.05, 0) is 41.8 Å². The summed E-state index contributed by atoms with van der Waals surface area (Å²) in [5.41, 5.74) is 4.96. The van der Waals surface area contributed by atoms with Crippen LogP contribution in [0.4, 0.5) is 0 Å². The Balaban J connectivity index is 2.02. The maximum Gasteiger partial charge on any atom is 0.213 e. The average molecular weight is 425 g/mol. The fourth-order valence-corrected chi connectivity index (χ4v) is 3.45. The fourth-order valence-electron chi connectivity index (χ4n) is 3.19. The first kappa shape index (κ1) is 19.1. The Morgan fingerprint density at radius 3 is 2.56 bits per heavy atom. The number of hydrogen-bond acceptors (Lipinski definition) is 4. The number of aromatic nitrogens is 1. The van der Waals surface area contributed by atoms with Crippen LogP contribution in [0.2, 0.25) is 0 Å². The van der Waals surface area contributed by atoms with Gasteiger partial charge in [-0.3, -0.25) is 0 Å². The normalized spacial score (nSPS) is 12.6. The first-order valence-corrected chi connectivity index (χ1v) is 9.44. The van der Waals surface area contributed by atoms with Crippen LogP contribution in [0, 0.1) is 6.92 Å². The van der Waals surface area contributed by atoms with E-state index in [4.69, 9.17) is 4.74 Å². The minimum atomic E-state index is 0.0596. The number of halogens is 1. The number of benzene rings is 2. The summed E-state index contributed by atoms with van der Waals surface area (Å²) in [6, 6.07) is 20.2. The maximum absolute atomic E-state index is 9.72. The molecule has 1 aromatic heterocycles. The van der Waals surface area contributed by atoms with Crippen LogP contribution in [-0.4, -0.2) is 23.0 Å². The second-order valence-electron chi connectivity index (χ2n) is 6.30. The van der Waals surface area contributed by atoms with Crippen molar-refractivity contribution in [2.24, 2.45) is 5.16 Å². The number of aryl methyl sites for hydroxylation is 1. The first-order chi connectivity index (χ1) is 13.1. The molecule has 1 unspecified atom stereocenters. The molecule has 27 heavy (non-hydrogen) atoms. The van der Waals surface area contributed by atoms with E-state index < -0.39 is 0 Å². The van der Waals surface area contributed by atoms with Gasteiger partial charge in [0, 0.05) is 34.6 Å². The highest BCUT2D eigenvalue weighted by atomic mass is 79.9. The van der Waals surface area contributed by atoms with Gasteiger partial charge in [-0.15, -0.1) is 0 Å². The highest BCUT2D eigenvalue weighted by Gasteiger charge is 2.20. The predicted octanol–water partition coefficient (Wildman–Crippen LogP) is 5.56. The van der Waals surface area contributed by atoms with Crippen LogP contribution in [-0.2, 0) is 0 Å². The minimum absolute atomic E-state index is 0.0596. The zero-order chi connectivity index (χ0) is 19.2. The fraction of sp³-hybridized carbons (Fsp3) is 0.182. The molecule has 0 radical (unpaired) electrons. The second-order valence-corrected chi connectivity index (χ2v) is 7.21. The van der Waals surface area contributed by atoms with Crippen molar-refractivity contribution in [1.29, 1.82) is 0 Å². The highest BCUT2D eigenvalue weighted by Crippen LogP contribution is 2.32. The topological polar surface area (TPSA) is 54.7 Å². The van der Waals surface area contributed by atoms with Crippen LogP contribution in [0.1, 0.15) is 34.6 Å². The average Bonchev–Trinajstić information content (AvgIpc) is 2.71. The summed E-state index contributed by atoms with van der Waals surface area (Å²) in [5, 5.41) is 13.3. The summed E-state index contributed by atoms with van der Waals surface area (Å²) < 4.78 is 6.24. The Bertz CT molecular complexity index is 939. The number of rotatable bonds is 6. The van der Waals surface area contributed by atoms with E-state index in [1.54, 1.807) is 19.4 Å². The SMILES string of the molecule is COc1cc(/C(CC(c2ccc(Br)cc2)c2ccccc2C)=N\O)ccn1. The van der Waals surface area contributed by atoms with Crippen LogP contribution in [0.25, 0.3) is 0 Å². The second kappa shape index (κ2) is 8.82. The van der Waals surface area contributed by atoms with Crippen LogP contribution in [0.15, 0.2) is 76.5 Å². The van der Waals surface area contributed by atoms with Crippen LogP contribution < -0.4 is 4.74 Å². The molecule has 1 N–H and O–H groups in total. The molecule has 1 atom stereocenters. The Hall–Kier alpha value is -2.66. The van der Waals surface area contributed by atoms with E-state index in [0.29, 0.717) is 18.0 Å². The zero-order valence-electron chi connectivity index (χ0n) is 15.3. The van der Waals surface area contributed by atoms with Crippen molar-refractivity contribution in [3.8, 4) is 5.88 Å². The van der Waals surface area contributed by atoms with E-state index >= 15 is 0 Å². The van der Waals surface area contributed by atoms with Crippen LogP contribution >= 0.6 is 15.9 Å². The van der Waals surface area contributed by atoms with E-state index in [0.717, 1.165) is 15.6 Å². The number of methoxy groups -OCH3 is 1. The lowest BCUT2D eigenvalue weighted by Crippen LogP contribution is -2.12. The molecule has 2 aromatic carbocycles. The number of oxime groups is 1. The van der Waals surface area contributed by atoms with E-state index in [1.165, 1.54) is 11.1 Å². The molecule has 0 aliphatic heterocycles. The van der Waals surface area contributed by atoms with Crippen molar-refractivity contribution in [3.05, 3.63) is 93.6 Å². The smallest absolute Gasteiger partial charge is 0.213 e. The van der Waals surface area contributed by atoms with Gasteiger partial charge in [0.25, 0.3) is 0 Å². The van der Waals surface area contributed by atoms with Crippen LogP contribution in [0.3, 0.4) is 0 Å².